The maximum atomic E-state index is 13.8. The highest BCUT2D eigenvalue weighted by Crippen LogP contribution is 2.30. The molecule has 8 heteroatoms. The maximum absolute atomic E-state index is 13.8. The first-order valence-electron chi connectivity index (χ1n) is 8.83. The number of phenolic OH excluding ortho intramolecular Hbond substituents is 1. The molecule has 0 bridgehead atoms. The first-order chi connectivity index (χ1) is 13.3. The van der Waals surface area contributed by atoms with Gasteiger partial charge < -0.3 is 15.3 Å². The van der Waals surface area contributed by atoms with Crippen LogP contribution in [0.15, 0.2) is 36.4 Å². The van der Waals surface area contributed by atoms with Gasteiger partial charge in [-0.2, -0.15) is 0 Å². The van der Waals surface area contributed by atoms with Crippen molar-refractivity contribution in [1.29, 1.82) is 0 Å². The second-order valence-corrected chi connectivity index (χ2v) is 7.51. The normalized spacial score (nSPS) is 17.4. The van der Waals surface area contributed by atoms with E-state index in [1.807, 2.05) is 0 Å². The van der Waals surface area contributed by atoms with Gasteiger partial charge in [-0.1, -0.05) is 35.3 Å². The number of nitrogens with zero attached hydrogens (tertiary/aromatic N) is 1. The molecule has 2 aromatic carbocycles. The lowest BCUT2D eigenvalue weighted by atomic mass is 10.1. The van der Waals surface area contributed by atoms with E-state index in [1.54, 1.807) is 19.1 Å². The van der Waals surface area contributed by atoms with Gasteiger partial charge in [-0.05, 0) is 49.6 Å². The molecule has 1 aliphatic rings. The van der Waals surface area contributed by atoms with E-state index in [2.05, 4.69) is 5.32 Å². The van der Waals surface area contributed by atoms with Gasteiger partial charge in [0, 0.05) is 11.6 Å². The molecule has 0 saturated carbocycles. The summed E-state index contributed by atoms with van der Waals surface area (Å²) in [5, 5.41) is 12.9. The van der Waals surface area contributed by atoms with Gasteiger partial charge in [0.15, 0.2) is 0 Å². The van der Waals surface area contributed by atoms with Gasteiger partial charge in [0.05, 0.1) is 16.6 Å². The molecule has 1 saturated heterocycles. The molecule has 2 amide bonds. The van der Waals surface area contributed by atoms with E-state index >= 15 is 0 Å². The second kappa shape index (κ2) is 8.37. The van der Waals surface area contributed by atoms with Crippen LogP contribution in [0.5, 0.6) is 5.75 Å². The highest BCUT2D eigenvalue weighted by atomic mass is 35.5. The third-order valence-corrected chi connectivity index (χ3v) is 5.43. The zero-order chi connectivity index (χ0) is 20.4. The summed E-state index contributed by atoms with van der Waals surface area (Å²) in [6.45, 7) is 2.09. The number of hydrogen-bond donors (Lipinski definition) is 2. The predicted molar refractivity (Wildman–Crippen MR) is 105 cm³/mol. The minimum atomic E-state index is -0.675. The first-order valence-corrected chi connectivity index (χ1v) is 9.59. The monoisotopic (exact) mass is 424 g/mol. The number of likely N-dealkylation sites (tertiary alicyclic amines) is 1. The van der Waals surface area contributed by atoms with Crippen LogP contribution in [0.25, 0.3) is 0 Å². The number of benzene rings is 2. The molecule has 1 aliphatic heterocycles. The Morgan fingerprint density at radius 2 is 1.96 bits per heavy atom. The summed E-state index contributed by atoms with van der Waals surface area (Å²) in [6.07, 6.45) is 1.17. The van der Waals surface area contributed by atoms with E-state index in [9.17, 15) is 19.1 Å². The molecule has 0 radical (unpaired) electrons. The predicted octanol–water partition coefficient (Wildman–Crippen LogP) is 4.32. The number of halogens is 3. The van der Waals surface area contributed by atoms with Gasteiger partial charge in [0.25, 0.3) is 5.91 Å². The van der Waals surface area contributed by atoms with E-state index in [-0.39, 0.29) is 27.3 Å². The molecule has 1 fully saturated rings. The summed E-state index contributed by atoms with van der Waals surface area (Å²) in [5.74, 6) is -1.52. The van der Waals surface area contributed by atoms with Crippen LogP contribution in [0.4, 0.5) is 4.39 Å². The number of hydrogen-bond acceptors (Lipinski definition) is 3. The average Bonchev–Trinajstić information content (AvgIpc) is 3.14. The van der Waals surface area contributed by atoms with Crippen molar-refractivity contribution in [3.05, 3.63) is 63.4 Å². The fourth-order valence-electron chi connectivity index (χ4n) is 3.35. The molecule has 2 atom stereocenters. The minimum absolute atomic E-state index is 0.0949. The van der Waals surface area contributed by atoms with Gasteiger partial charge in [-0.3, -0.25) is 9.59 Å². The highest BCUT2D eigenvalue weighted by molar-refractivity contribution is 6.35. The molecule has 0 aromatic heterocycles. The summed E-state index contributed by atoms with van der Waals surface area (Å²) in [5.41, 5.74) is 0.548. The number of carbonyl (C=O) groups is 2. The molecule has 2 unspecified atom stereocenters. The number of nitrogens with one attached hydrogen (secondary N) is 1. The Morgan fingerprint density at radius 1 is 1.25 bits per heavy atom. The number of para-hydroxylation sites is 1. The quantitative estimate of drug-likeness (QED) is 0.717. The fourth-order valence-corrected chi connectivity index (χ4v) is 3.90. The lowest BCUT2D eigenvalue weighted by Crippen LogP contribution is -2.46. The Balaban J connectivity index is 1.75. The summed E-state index contributed by atoms with van der Waals surface area (Å²) in [6, 6.07) is 7.45. The standard InChI is InChI=1S/C20H19Cl2FN2O3/c1-11(13-9-16(23)15(22)10-14(13)21)24-19(27)17-6-4-8-25(17)20(28)12-5-2-3-7-18(12)26/h2-3,5,7,9-11,17,26H,4,6,8H2,1H3,(H,24,27). The van der Waals surface area contributed by atoms with Gasteiger partial charge in [0.2, 0.25) is 5.91 Å². The molecule has 0 spiro atoms. The number of phenols is 1. The third-order valence-electron chi connectivity index (χ3n) is 4.82. The molecule has 5 nitrogen and oxygen atoms in total. The van der Waals surface area contributed by atoms with Crippen LogP contribution in [-0.2, 0) is 4.79 Å². The van der Waals surface area contributed by atoms with Crippen molar-refractivity contribution in [1.82, 2.24) is 10.2 Å². The molecule has 2 N–H and O–H groups in total. The van der Waals surface area contributed by atoms with Gasteiger partial charge in [0.1, 0.15) is 17.6 Å². The SMILES string of the molecule is CC(NC(=O)C1CCCN1C(=O)c1ccccc1O)c1cc(F)c(Cl)cc1Cl. The highest BCUT2D eigenvalue weighted by Gasteiger charge is 2.36. The Hall–Kier alpha value is -2.31. The Labute approximate surface area is 172 Å². The van der Waals surface area contributed by atoms with Crippen LogP contribution in [0.2, 0.25) is 10.0 Å². The first kappa shape index (κ1) is 20.4. The maximum Gasteiger partial charge on any atom is 0.258 e. The molecule has 148 valence electrons. The zero-order valence-corrected chi connectivity index (χ0v) is 16.6. The van der Waals surface area contributed by atoms with Crippen molar-refractivity contribution in [3.63, 3.8) is 0 Å². The fraction of sp³-hybridized carbons (Fsp3) is 0.300. The van der Waals surface area contributed by atoms with E-state index < -0.39 is 23.8 Å². The van der Waals surface area contributed by atoms with Gasteiger partial charge in [-0.25, -0.2) is 4.39 Å². The van der Waals surface area contributed by atoms with Crippen molar-refractivity contribution in [2.75, 3.05) is 6.54 Å². The van der Waals surface area contributed by atoms with Gasteiger partial charge >= 0.3 is 0 Å². The Bertz CT molecular complexity index is 922. The smallest absolute Gasteiger partial charge is 0.258 e. The molecule has 3 rings (SSSR count). The summed E-state index contributed by atoms with van der Waals surface area (Å²) in [4.78, 5) is 27.0. The zero-order valence-electron chi connectivity index (χ0n) is 15.1. The number of rotatable bonds is 4. The second-order valence-electron chi connectivity index (χ2n) is 6.69. The molecular formula is C20H19Cl2FN2O3. The Kier molecular flexibility index (Phi) is 6.10. The van der Waals surface area contributed by atoms with E-state index in [1.165, 1.54) is 29.2 Å². The largest absolute Gasteiger partial charge is 0.507 e. The molecular weight excluding hydrogens is 406 g/mol. The van der Waals surface area contributed by atoms with Crippen molar-refractivity contribution in [3.8, 4) is 5.75 Å². The topological polar surface area (TPSA) is 69.6 Å². The van der Waals surface area contributed by atoms with E-state index in [0.29, 0.717) is 24.9 Å². The number of amides is 2. The van der Waals surface area contributed by atoms with Crippen LogP contribution in [-0.4, -0.2) is 34.4 Å². The van der Waals surface area contributed by atoms with Crippen molar-refractivity contribution < 1.29 is 19.1 Å². The van der Waals surface area contributed by atoms with Crippen molar-refractivity contribution in [2.24, 2.45) is 0 Å². The van der Waals surface area contributed by atoms with E-state index in [4.69, 9.17) is 23.2 Å². The van der Waals surface area contributed by atoms with Crippen LogP contribution < -0.4 is 5.32 Å². The summed E-state index contributed by atoms with van der Waals surface area (Å²) >= 11 is 11.8. The van der Waals surface area contributed by atoms with Crippen molar-refractivity contribution >= 4 is 35.0 Å². The van der Waals surface area contributed by atoms with Crippen LogP contribution in [0, 0.1) is 5.82 Å². The molecule has 2 aromatic rings. The molecule has 28 heavy (non-hydrogen) atoms. The minimum Gasteiger partial charge on any atom is -0.507 e. The van der Waals surface area contributed by atoms with Crippen LogP contribution in [0.1, 0.15) is 41.7 Å². The van der Waals surface area contributed by atoms with Crippen LogP contribution >= 0.6 is 23.2 Å². The van der Waals surface area contributed by atoms with Crippen LogP contribution in [0.3, 0.4) is 0 Å². The summed E-state index contributed by atoms with van der Waals surface area (Å²) in [7, 11) is 0. The Morgan fingerprint density at radius 3 is 2.68 bits per heavy atom. The lowest BCUT2D eigenvalue weighted by molar-refractivity contribution is -0.125. The van der Waals surface area contributed by atoms with Crippen molar-refractivity contribution in [2.45, 2.75) is 31.8 Å². The molecule has 0 aliphatic carbocycles. The third kappa shape index (κ3) is 4.08. The summed E-state index contributed by atoms with van der Waals surface area (Å²) < 4.78 is 13.8. The van der Waals surface area contributed by atoms with Gasteiger partial charge in [-0.15, -0.1) is 0 Å². The average molecular weight is 425 g/mol. The number of carbonyl (C=O) groups excluding carboxylic acids is 2. The lowest BCUT2D eigenvalue weighted by Gasteiger charge is -2.26. The van der Waals surface area contributed by atoms with E-state index in [0.717, 1.165) is 0 Å². The molecule has 1 heterocycles. The number of aromatic hydroxyl groups is 1.